The number of rotatable bonds is 9. The Bertz CT molecular complexity index is 1110. The molecule has 0 radical (unpaired) electrons. The van der Waals surface area contributed by atoms with Gasteiger partial charge in [-0.1, -0.05) is 17.7 Å². The Morgan fingerprint density at radius 2 is 1.62 bits per heavy atom. The first-order valence-corrected chi connectivity index (χ1v) is 11.2. The first-order valence-electron chi connectivity index (χ1n) is 9.71. The van der Waals surface area contributed by atoms with Crippen LogP contribution in [-0.4, -0.2) is 59.8 Å². The molecule has 32 heavy (non-hydrogen) atoms. The second kappa shape index (κ2) is 10.5. The Morgan fingerprint density at radius 3 is 2.16 bits per heavy atom. The second-order valence-electron chi connectivity index (χ2n) is 7.21. The zero-order valence-electron chi connectivity index (χ0n) is 19.3. The molecule has 0 aromatic heterocycles. The summed E-state index contributed by atoms with van der Waals surface area (Å²) in [5, 5.41) is 3.91. The lowest BCUT2D eigenvalue weighted by molar-refractivity contribution is -0.121. The number of carbonyl (C=O) groups is 1. The van der Waals surface area contributed by atoms with Gasteiger partial charge in [-0.05, 0) is 44.0 Å². The van der Waals surface area contributed by atoms with Gasteiger partial charge in [-0.2, -0.15) is 9.41 Å². The van der Waals surface area contributed by atoms with Crippen LogP contribution in [0.3, 0.4) is 0 Å². The molecule has 0 aliphatic carbocycles. The Balaban J connectivity index is 2.14. The predicted octanol–water partition coefficient (Wildman–Crippen LogP) is 2.41. The van der Waals surface area contributed by atoms with E-state index in [9.17, 15) is 13.2 Å². The molecular weight excluding hydrogens is 434 g/mol. The number of ether oxygens (including phenoxy) is 3. The molecule has 0 aliphatic rings. The van der Waals surface area contributed by atoms with Crippen molar-refractivity contribution in [1.29, 1.82) is 0 Å². The highest BCUT2D eigenvalue weighted by atomic mass is 32.2. The number of hydrogen-bond acceptors (Lipinski definition) is 7. The number of likely N-dealkylation sites (N-methyl/N-ethyl adjacent to an activating group) is 1. The smallest absolute Gasteiger partial charge is 0.255 e. The average molecular weight is 464 g/mol. The summed E-state index contributed by atoms with van der Waals surface area (Å²) in [4.78, 5) is 12.5. The van der Waals surface area contributed by atoms with Crippen LogP contribution in [0.1, 0.15) is 22.3 Å². The maximum Gasteiger partial charge on any atom is 0.255 e. The largest absolute Gasteiger partial charge is 0.493 e. The molecule has 0 fully saturated rings. The van der Waals surface area contributed by atoms with Gasteiger partial charge in [-0.15, -0.1) is 0 Å². The van der Waals surface area contributed by atoms with Crippen LogP contribution in [0.15, 0.2) is 34.3 Å². The number of hydrazone groups is 1. The summed E-state index contributed by atoms with van der Waals surface area (Å²) >= 11 is 0. The van der Waals surface area contributed by atoms with Gasteiger partial charge >= 0.3 is 0 Å². The third-order valence-corrected chi connectivity index (χ3v) is 6.88. The van der Waals surface area contributed by atoms with Crippen molar-refractivity contribution in [2.75, 3.05) is 34.9 Å². The van der Waals surface area contributed by atoms with Gasteiger partial charge in [0, 0.05) is 12.6 Å². The third kappa shape index (κ3) is 5.38. The van der Waals surface area contributed by atoms with Crippen molar-refractivity contribution in [2.45, 2.75) is 25.7 Å². The number of carbonyl (C=O) groups excluding carboxylic acids is 1. The van der Waals surface area contributed by atoms with Gasteiger partial charge in [0.15, 0.2) is 11.5 Å². The first-order chi connectivity index (χ1) is 15.1. The van der Waals surface area contributed by atoms with E-state index in [1.807, 2.05) is 6.92 Å². The van der Waals surface area contributed by atoms with Gasteiger partial charge in [0.2, 0.25) is 15.8 Å². The molecule has 0 aliphatic heterocycles. The molecule has 0 saturated carbocycles. The van der Waals surface area contributed by atoms with Crippen molar-refractivity contribution in [3.63, 3.8) is 0 Å². The molecule has 9 nitrogen and oxygen atoms in total. The van der Waals surface area contributed by atoms with Gasteiger partial charge in [-0.25, -0.2) is 13.8 Å². The Hall–Kier alpha value is -3.11. The zero-order valence-corrected chi connectivity index (χ0v) is 20.2. The fraction of sp³-hybridized carbons (Fsp3) is 0.364. The lowest BCUT2D eigenvalue weighted by Gasteiger charge is -2.19. The van der Waals surface area contributed by atoms with E-state index in [1.165, 1.54) is 34.6 Å². The van der Waals surface area contributed by atoms with Crippen LogP contribution in [-0.2, 0) is 14.8 Å². The number of methoxy groups -OCH3 is 3. The topological polar surface area (TPSA) is 107 Å². The van der Waals surface area contributed by atoms with Gasteiger partial charge in [0.25, 0.3) is 5.91 Å². The predicted molar refractivity (Wildman–Crippen MR) is 122 cm³/mol. The van der Waals surface area contributed by atoms with Crippen LogP contribution in [0.25, 0.3) is 0 Å². The molecule has 0 saturated heterocycles. The van der Waals surface area contributed by atoms with Crippen LogP contribution in [0.5, 0.6) is 17.2 Å². The van der Waals surface area contributed by atoms with Crippen molar-refractivity contribution >= 4 is 22.1 Å². The highest BCUT2D eigenvalue weighted by molar-refractivity contribution is 7.89. The fourth-order valence-electron chi connectivity index (χ4n) is 3.45. The number of nitrogens with one attached hydrogen (secondary N) is 1. The number of aryl methyl sites for hydroxylation is 3. The number of nitrogens with zero attached hydrogens (tertiary/aromatic N) is 2. The summed E-state index contributed by atoms with van der Waals surface area (Å²) in [6.45, 7) is 4.98. The van der Waals surface area contributed by atoms with Gasteiger partial charge in [0.05, 0.1) is 39.0 Å². The highest BCUT2D eigenvalue weighted by Crippen LogP contribution is 2.38. The monoisotopic (exact) mass is 463 g/mol. The first kappa shape index (κ1) is 25.2. The fourth-order valence-corrected chi connectivity index (χ4v) is 4.98. The Morgan fingerprint density at radius 1 is 1.03 bits per heavy atom. The lowest BCUT2D eigenvalue weighted by Crippen LogP contribution is -2.37. The molecule has 174 valence electrons. The molecular formula is C22H29N3O6S. The molecule has 0 atom stereocenters. The molecule has 2 aromatic rings. The highest BCUT2D eigenvalue weighted by Gasteiger charge is 2.26. The number of benzene rings is 2. The number of hydrogen-bond donors (Lipinski definition) is 1. The number of sulfonamides is 1. The average Bonchev–Trinajstić information content (AvgIpc) is 2.71. The minimum absolute atomic E-state index is 0.206. The Kier molecular flexibility index (Phi) is 8.23. The van der Waals surface area contributed by atoms with E-state index in [4.69, 9.17) is 14.2 Å². The summed E-state index contributed by atoms with van der Waals surface area (Å²) < 4.78 is 42.9. The molecule has 0 bridgehead atoms. The van der Waals surface area contributed by atoms with E-state index in [0.717, 1.165) is 9.87 Å². The van der Waals surface area contributed by atoms with Crippen LogP contribution >= 0.6 is 0 Å². The van der Waals surface area contributed by atoms with E-state index in [0.29, 0.717) is 33.9 Å². The summed E-state index contributed by atoms with van der Waals surface area (Å²) in [6.07, 6.45) is 1.38. The second-order valence-corrected chi connectivity index (χ2v) is 9.19. The molecule has 10 heteroatoms. The van der Waals surface area contributed by atoms with E-state index in [1.54, 1.807) is 38.1 Å². The Labute approximate surface area is 189 Å². The summed E-state index contributed by atoms with van der Waals surface area (Å²) in [5.41, 5.74) is 5.11. The van der Waals surface area contributed by atoms with E-state index in [-0.39, 0.29) is 4.90 Å². The quantitative estimate of drug-likeness (QED) is 0.452. The van der Waals surface area contributed by atoms with E-state index < -0.39 is 22.5 Å². The zero-order chi connectivity index (χ0) is 24.1. The third-order valence-electron chi connectivity index (χ3n) is 4.77. The molecule has 2 aromatic carbocycles. The maximum atomic E-state index is 13.0. The van der Waals surface area contributed by atoms with Crippen LogP contribution in [0, 0.1) is 20.8 Å². The van der Waals surface area contributed by atoms with Gasteiger partial charge in [-0.3, -0.25) is 4.79 Å². The van der Waals surface area contributed by atoms with Crippen LogP contribution in [0.4, 0.5) is 0 Å². The standard InChI is InChI=1S/C22H29N3O6S/c1-14-10-15(2)22(16(3)11-14)32(27,28)25(4)13-19(26)24-23-12-17-8-9-18(29-5)21(31-7)20(17)30-6/h8-12H,13H2,1-7H3,(H,24,26)/b23-12-. The SMILES string of the molecule is COc1ccc(/C=N\NC(=O)CN(C)S(=O)(=O)c2c(C)cc(C)cc2C)c(OC)c1OC. The molecule has 1 N–H and O–H groups in total. The van der Waals surface area contributed by atoms with Crippen LogP contribution in [0.2, 0.25) is 0 Å². The normalized spacial score (nSPS) is 11.6. The van der Waals surface area contributed by atoms with Crippen molar-refractivity contribution in [3.8, 4) is 17.2 Å². The van der Waals surface area contributed by atoms with Crippen LogP contribution < -0.4 is 19.6 Å². The summed E-state index contributed by atoms with van der Waals surface area (Å²) in [5.74, 6) is 0.669. The molecule has 1 amide bonds. The maximum absolute atomic E-state index is 13.0. The van der Waals surface area contributed by atoms with E-state index >= 15 is 0 Å². The van der Waals surface area contributed by atoms with Crippen molar-refractivity contribution in [3.05, 3.63) is 46.5 Å². The molecule has 0 spiro atoms. The van der Waals surface area contributed by atoms with Gasteiger partial charge in [0.1, 0.15) is 0 Å². The number of amides is 1. The minimum atomic E-state index is -3.85. The van der Waals surface area contributed by atoms with Crippen molar-refractivity contribution in [2.24, 2.45) is 5.10 Å². The molecule has 0 unspecified atom stereocenters. The molecule has 0 heterocycles. The molecule has 2 rings (SSSR count). The minimum Gasteiger partial charge on any atom is -0.493 e. The lowest BCUT2D eigenvalue weighted by atomic mass is 10.1. The summed E-state index contributed by atoms with van der Waals surface area (Å²) in [6, 6.07) is 6.97. The van der Waals surface area contributed by atoms with E-state index in [2.05, 4.69) is 10.5 Å². The van der Waals surface area contributed by atoms with Crippen molar-refractivity contribution in [1.82, 2.24) is 9.73 Å². The van der Waals surface area contributed by atoms with Crippen molar-refractivity contribution < 1.29 is 27.4 Å². The van der Waals surface area contributed by atoms with Gasteiger partial charge < -0.3 is 14.2 Å². The summed E-state index contributed by atoms with van der Waals surface area (Å²) in [7, 11) is 1.98.